The minimum Gasteiger partial charge on any atom is -0.391 e. The van der Waals surface area contributed by atoms with Crippen LogP contribution in [0.4, 0.5) is 4.79 Å². The highest BCUT2D eigenvalue weighted by Crippen LogP contribution is 2.16. The average Bonchev–Trinajstić information content (AvgIpc) is 2.66. The lowest BCUT2D eigenvalue weighted by atomic mass is 10.1. The van der Waals surface area contributed by atoms with Gasteiger partial charge in [0.2, 0.25) is 0 Å². The Kier molecular flexibility index (Phi) is 4.19. The van der Waals surface area contributed by atoms with Crippen molar-refractivity contribution < 1.29 is 9.90 Å². The summed E-state index contributed by atoms with van der Waals surface area (Å²) in [6.07, 6.45) is 1.27. The normalized spacial score (nSPS) is 19.9. The van der Waals surface area contributed by atoms with Gasteiger partial charge in [0.05, 0.1) is 18.3 Å². The number of hydrogen-bond donors (Lipinski definition) is 2. The molecule has 18 heavy (non-hydrogen) atoms. The second kappa shape index (κ2) is 5.67. The van der Waals surface area contributed by atoms with E-state index in [0.717, 1.165) is 30.1 Å². The van der Waals surface area contributed by atoms with Gasteiger partial charge in [-0.2, -0.15) is 0 Å². The first-order valence-corrected chi connectivity index (χ1v) is 7.01. The first-order valence-electron chi connectivity index (χ1n) is 6.20. The minimum absolute atomic E-state index is 0.112. The van der Waals surface area contributed by atoms with Gasteiger partial charge < -0.3 is 15.3 Å². The van der Waals surface area contributed by atoms with Crippen molar-refractivity contribution in [2.45, 2.75) is 39.3 Å². The van der Waals surface area contributed by atoms with E-state index < -0.39 is 0 Å². The number of piperidine rings is 1. The third-order valence-corrected chi connectivity index (χ3v) is 4.22. The molecule has 0 saturated carbocycles. The molecule has 1 aromatic heterocycles. The minimum atomic E-state index is -0.381. The Morgan fingerprint density at radius 2 is 2.39 bits per heavy atom. The van der Waals surface area contributed by atoms with Crippen LogP contribution in [0.3, 0.4) is 0 Å². The van der Waals surface area contributed by atoms with Crippen LogP contribution >= 0.6 is 11.3 Å². The van der Waals surface area contributed by atoms with Crippen LogP contribution in [0.15, 0.2) is 0 Å². The fourth-order valence-electron chi connectivity index (χ4n) is 2.02. The van der Waals surface area contributed by atoms with Crippen LogP contribution in [-0.2, 0) is 6.54 Å². The lowest BCUT2D eigenvalue weighted by Crippen LogP contribution is -2.46. The van der Waals surface area contributed by atoms with Gasteiger partial charge in [0.25, 0.3) is 0 Å². The molecule has 0 radical (unpaired) electrons. The lowest BCUT2D eigenvalue weighted by molar-refractivity contribution is 0.0842. The standard InChI is InChI=1S/C12H19N3O2S/c1-8-9(2)18-11(14-8)6-13-12(17)15-5-3-4-10(16)7-15/h10,16H,3-7H2,1-2H3,(H,13,17). The summed E-state index contributed by atoms with van der Waals surface area (Å²) in [6, 6.07) is -0.112. The summed E-state index contributed by atoms with van der Waals surface area (Å²) in [7, 11) is 0. The van der Waals surface area contributed by atoms with E-state index in [0.29, 0.717) is 13.1 Å². The highest BCUT2D eigenvalue weighted by Gasteiger charge is 2.21. The molecule has 2 amide bonds. The van der Waals surface area contributed by atoms with Crippen molar-refractivity contribution in [3.05, 3.63) is 15.6 Å². The molecule has 1 aliphatic heterocycles. The Morgan fingerprint density at radius 3 is 3.00 bits per heavy atom. The van der Waals surface area contributed by atoms with Gasteiger partial charge in [-0.25, -0.2) is 9.78 Å². The van der Waals surface area contributed by atoms with Gasteiger partial charge in [-0.05, 0) is 26.7 Å². The van der Waals surface area contributed by atoms with Gasteiger partial charge in [0, 0.05) is 18.0 Å². The first kappa shape index (κ1) is 13.3. The zero-order chi connectivity index (χ0) is 13.1. The number of carbonyl (C=O) groups is 1. The molecule has 1 aliphatic rings. The second-order valence-corrected chi connectivity index (χ2v) is 5.94. The number of urea groups is 1. The number of amides is 2. The Bertz CT molecular complexity index is 413. The lowest BCUT2D eigenvalue weighted by Gasteiger charge is -2.29. The quantitative estimate of drug-likeness (QED) is 0.853. The first-order chi connectivity index (χ1) is 8.56. The Labute approximate surface area is 111 Å². The zero-order valence-electron chi connectivity index (χ0n) is 10.8. The van der Waals surface area contributed by atoms with Gasteiger partial charge in [0.15, 0.2) is 0 Å². The molecule has 0 bridgehead atoms. The fourth-order valence-corrected chi connectivity index (χ4v) is 2.89. The van der Waals surface area contributed by atoms with Crippen molar-refractivity contribution in [1.82, 2.24) is 15.2 Å². The summed E-state index contributed by atoms with van der Waals surface area (Å²) in [5.41, 5.74) is 1.03. The number of thiazole rings is 1. The van der Waals surface area contributed by atoms with Crippen LogP contribution in [0.25, 0.3) is 0 Å². The van der Waals surface area contributed by atoms with E-state index in [2.05, 4.69) is 10.3 Å². The number of likely N-dealkylation sites (tertiary alicyclic amines) is 1. The molecule has 2 heterocycles. The Hall–Kier alpha value is -1.14. The van der Waals surface area contributed by atoms with Crippen molar-refractivity contribution in [1.29, 1.82) is 0 Å². The van der Waals surface area contributed by atoms with Crippen LogP contribution < -0.4 is 5.32 Å². The fraction of sp³-hybridized carbons (Fsp3) is 0.667. The van der Waals surface area contributed by atoms with Crippen LogP contribution in [0.1, 0.15) is 28.4 Å². The van der Waals surface area contributed by atoms with Gasteiger partial charge >= 0.3 is 6.03 Å². The van der Waals surface area contributed by atoms with Crippen molar-refractivity contribution >= 4 is 17.4 Å². The summed E-state index contributed by atoms with van der Waals surface area (Å²) in [5, 5.41) is 13.3. The van der Waals surface area contributed by atoms with Crippen molar-refractivity contribution in [2.24, 2.45) is 0 Å². The SMILES string of the molecule is Cc1nc(CNC(=O)N2CCCC(O)C2)sc1C. The summed E-state index contributed by atoms with van der Waals surface area (Å²) in [6.45, 7) is 5.61. The van der Waals surface area contributed by atoms with E-state index in [4.69, 9.17) is 0 Å². The molecular formula is C12H19N3O2S. The molecule has 1 atom stereocenters. The topological polar surface area (TPSA) is 65.5 Å². The number of rotatable bonds is 2. The number of aliphatic hydroxyl groups excluding tert-OH is 1. The Balaban J connectivity index is 1.84. The van der Waals surface area contributed by atoms with Gasteiger partial charge in [-0.3, -0.25) is 0 Å². The monoisotopic (exact) mass is 269 g/mol. The third kappa shape index (κ3) is 3.20. The number of aliphatic hydroxyl groups is 1. The molecule has 2 rings (SSSR count). The van der Waals surface area contributed by atoms with Crippen LogP contribution in [0, 0.1) is 13.8 Å². The van der Waals surface area contributed by atoms with E-state index in [1.54, 1.807) is 16.2 Å². The Morgan fingerprint density at radius 1 is 1.61 bits per heavy atom. The van der Waals surface area contributed by atoms with E-state index in [-0.39, 0.29) is 12.1 Å². The number of β-amino-alcohol motifs (C(OH)–C–C–N with tert-alkyl or cyclic N) is 1. The van der Waals surface area contributed by atoms with Gasteiger partial charge in [-0.1, -0.05) is 0 Å². The van der Waals surface area contributed by atoms with Gasteiger partial charge in [-0.15, -0.1) is 11.3 Å². The maximum Gasteiger partial charge on any atom is 0.317 e. The molecule has 1 unspecified atom stereocenters. The molecule has 100 valence electrons. The molecule has 2 N–H and O–H groups in total. The highest BCUT2D eigenvalue weighted by molar-refractivity contribution is 7.11. The molecule has 1 aromatic rings. The summed E-state index contributed by atoms with van der Waals surface area (Å²) < 4.78 is 0. The molecule has 6 heteroatoms. The number of aromatic nitrogens is 1. The number of nitrogens with one attached hydrogen (secondary N) is 1. The summed E-state index contributed by atoms with van der Waals surface area (Å²) in [5.74, 6) is 0. The van der Waals surface area contributed by atoms with Gasteiger partial charge in [0.1, 0.15) is 5.01 Å². The van der Waals surface area contributed by atoms with E-state index in [9.17, 15) is 9.90 Å². The van der Waals surface area contributed by atoms with E-state index in [1.807, 2.05) is 13.8 Å². The molecular weight excluding hydrogens is 250 g/mol. The van der Waals surface area contributed by atoms with E-state index in [1.165, 1.54) is 4.88 Å². The maximum atomic E-state index is 11.9. The summed E-state index contributed by atoms with van der Waals surface area (Å²) >= 11 is 1.61. The van der Waals surface area contributed by atoms with E-state index >= 15 is 0 Å². The second-order valence-electron chi connectivity index (χ2n) is 4.65. The zero-order valence-corrected chi connectivity index (χ0v) is 11.6. The molecule has 1 saturated heterocycles. The van der Waals surface area contributed by atoms with Crippen LogP contribution in [0.5, 0.6) is 0 Å². The molecule has 1 fully saturated rings. The van der Waals surface area contributed by atoms with Crippen LogP contribution in [-0.4, -0.2) is 40.2 Å². The third-order valence-electron chi connectivity index (χ3n) is 3.15. The molecule has 0 spiro atoms. The van der Waals surface area contributed by atoms with Crippen molar-refractivity contribution in [2.75, 3.05) is 13.1 Å². The largest absolute Gasteiger partial charge is 0.391 e. The predicted molar refractivity (Wildman–Crippen MR) is 70.6 cm³/mol. The van der Waals surface area contributed by atoms with Crippen molar-refractivity contribution in [3.63, 3.8) is 0 Å². The number of carbonyl (C=O) groups excluding carboxylic acids is 1. The maximum absolute atomic E-state index is 11.9. The number of hydrogen-bond acceptors (Lipinski definition) is 4. The average molecular weight is 269 g/mol. The molecule has 0 aliphatic carbocycles. The van der Waals surface area contributed by atoms with Crippen molar-refractivity contribution in [3.8, 4) is 0 Å². The highest BCUT2D eigenvalue weighted by atomic mass is 32.1. The number of nitrogens with zero attached hydrogens (tertiary/aromatic N) is 2. The number of aryl methyl sites for hydroxylation is 2. The molecule has 0 aromatic carbocycles. The summed E-state index contributed by atoms with van der Waals surface area (Å²) in [4.78, 5) is 19.1. The smallest absolute Gasteiger partial charge is 0.317 e. The molecule has 5 nitrogen and oxygen atoms in total. The van der Waals surface area contributed by atoms with Crippen LogP contribution in [0.2, 0.25) is 0 Å². The predicted octanol–water partition coefficient (Wildman–Crippen LogP) is 1.43.